The molecule has 1 aliphatic heterocycles. The van der Waals surface area contributed by atoms with Gasteiger partial charge >= 0.3 is 0 Å². The highest BCUT2D eigenvalue weighted by Crippen LogP contribution is 2.33. The summed E-state index contributed by atoms with van der Waals surface area (Å²) in [6.07, 6.45) is 8.13. The van der Waals surface area contributed by atoms with E-state index in [0.717, 1.165) is 17.9 Å². The zero-order valence-electron chi connectivity index (χ0n) is 14.6. The third kappa shape index (κ3) is 4.46. The van der Waals surface area contributed by atoms with E-state index >= 15 is 0 Å². The fourth-order valence-electron chi connectivity index (χ4n) is 4.76. The van der Waals surface area contributed by atoms with Crippen LogP contribution in [0, 0.1) is 11.8 Å². The molecule has 2 heteroatoms. The zero-order valence-corrected chi connectivity index (χ0v) is 14.6. The van der Waals surface area contributed by atoms with Crippen molar-refractivity contribution in [3.8, 4) is 0 Å². The first-order valence-corrected chi connectivity index (χ1v) is 8.72. The van der Waals surface area contributed by atoms with Crippen LogP contribution >= 0.6 is 0 Å². The quantitative estimate of drug-likeness (QED) is 0.813. The topological polar surface area (TPSA) is 24.1 Å². The van der Waals surface area contributed by atoms with Crippen LogP contribution in [0.1, 0.15) is 80.1 Å². The molecule has 0 radical (unpaired) electrons. The number of hydrogen-bond acceptors (Lipinski definition) is 2. The number of rotatable bonds is 3. The molecule has 2 atom stereocenters. The molecule has 0 aromatic carbocycles. The van der Waals surface area contributed by atoms with Crippen molar-refractivity contribution in [2.75, 3.05) is 0 Å². The second-order valence-corrected chi connectivity index (χ2v) is 9.03. The Morgan fingerprint density at radius 1 is 0.950 bits per heavy atom. The van der Waals surface area contributed by atoms with Crippen molar-refractivity contribution in [3.63, 3.8) is 0 Å². The van der Waals surface area contributed by atoms with Gasteiger partial charge in [0.25, 0.3) is 0 Å². The van der Waals surface area contributed by atoms with Gasteiger partial charge in [-0.05, 0) is 65.2 Å². The van der Waals surface area contributed by atoms with Crippen molar-refractivity contribution in [2.45, 2.75) is 103 Å². The molecule has 0 spiro atoms. The minimum Gasteiger partial charge on any atom is -0.311 e. The molecule has 0 bridgehead atoms. The van der Waals surface area contributed by atoms with E-state index < -0.39 is 0 Å². The van der Waals surface area contributed by atoms with Gasteiger partial charge in [-0.2, -0.15) is 0 Å². The SMILES string of the molecule is CC(C)C1CCCC(NC2CC(C)(C)NC(C)(C)C2)C1. The third-order valence-electron chi connectivity index (χ3n) is 5.32. The van der Waals surface area contributed by atoms with Gasteiger partial charge < -0.3 is 10.6 Å². The molecule has 1 saturated carbocycles. The van der Waals surface area contributed by atoms with Crippen LogP contribution in [0.25, 0.3) is 0 Å². The summed E-state index contributed by atoms with van der Waals surface area (Å²) in [6, 6.07) is 1.43. The van der Waals surface area contributed by atoms with E-state index in [9.17, 15) is 0 Å². The van der Waals surface area contributed by atoms with Crippen LogP contribution in [0.2, 0.25) is 0 Å². The predicted molar refractivity (Wildman–Crippen MR) is 88.0 cm³/mol. The first-order valence-electron chi connectivity index (χ1n) is 8.72. The summed E-state index contributed by atoms with van der Waals surface area (Å²) in [7, 11) is 0. The Balaban J connectivity index is 1.92. The number of hydrogen-bond donors (Lipinski definition) is 2. The maximum absolute atomic E-state index is 4.01. The minimum atomic E-state index is 0.255. The summed E-state index contributed by atoms with van der Waals surface area (Å²) in [5, 5.41) is 7.80. The molecule has 0 aromatic rings. The van der Waals surface area contributed by atoms with Crippen molar-refractivity contribution in [3.05, 3.63) is 0 Å². The minimum absolute atomic E-state index is 0.255. The maximum Gasteiger partial charge on any atom is 0.0144 e. The van der Waals surface area contributed by atoms with Gasteiger partial charge in [-0.15, -0.1) is 0 Å². The lowest BCUT2D eigenvalue weighted by Gasteiger charge is -2.48. The second kappa shape index (κ2) is 5.96. The van der Waals surface area contributed by atoms with Gasteiger partial charge in [0.05, 0.1) is 0 Å². The van der Waals surface area contributed by atoms with E-state index in [1.807, 2.05) is 0 Å². The van der Waals surface area contributed by atoms with Crippen molar-refractivity contribution < 1.29 is 0 Å². The molecular formula is C18H36N2. The van der Waals surface area contributed by atoms with Crippen molar-refractivity contribution in [1.29, 1.82) is 0 Å². The lowest BCUT2D eigenvalue weighted by Crippen LogP contribution is -2.62. The van der Waals surface area contributed by atoms with Crippen LogP contribution in [0.15, 0.2) is 0 Å². The van der Waals surface area contributed by atoms with E-state index in [1.54, 1.807) is 0 Å². The van der Waals surface area contributed by atoms with Gasteiger partial charge in [-0.1, -0.05) is 26.7 Å². The first kappa shape index (κ1) is 16.3. The smallest absolute Gasteiger partial charge is 0.0144 e. The molecule has 20 heavy (non-hydrogen) atoms. The molecule has 2 fully saturated rings. The Morgan fingerprint density at radius 3 is 2.10 bits per heavy atom. The van der Waals surface area contributed by atoms with Gasteiger partial charge in [-0.25, -0.2) is 0 Å². The molecule has 2 unspecified atom stereocenters. The summed E-state index contributed by atoms with van der Waals surface area (Å²) in [4.78, 5) is 0. The number of nitrogens with one attached hydrogen (secondary N) is 2. The molecular weight excluding hydrogens is 244 g/mol. The highest BCUT2D eigenvalue weighted by Gasteiger charge is 2.38. The zero-order chi connectivity index (χ0) is 15.0. The Labute approximate surface area is 126 Å². The van der Waals surface area contributed by atoms with Crippen LogP contribution in [0.3, 0.4) is 0 Å². The fourth-order valence-corrected chi connectivity index (χ4v) is 4.76. The second-order valence-electron chi connectivity index (χ2n) is 9.03. The Kier molecular flexibility index (Phi) is 4.86. The van der Waals surface area contributed by atoms with Crippen LogP contribution in [-0.4, -0.2) is 23.2 Å². The van der Waals surface area contributed by atoms with Gasteiger partial charge in [0, 0.05) is 23.2 Å². The lowest BCUT2D eigenvalue weighted by molar-refractivity contribution is 0.126. The van der Waals surface area contributed by atoms with Gasteiger partial charge in [-0.3, -0.25) is 0 Å². The lowest BCUT2D eigenvalue weighted by atomic mass is 9.76. The average Bonchev–Trinajstić information content (AvgIpc) is 2.24. The van der Waals surface area contributed by atoms with E-state index in [2.05, 4.69) is 52.2 Å². The maximum atomic E-state index is 4.01. The summed E-state index contributed by atoms with van der Waals surface area (Å²) in [5.74, 6) is 1.78. The standard InChI is InChI=1S/C18H36N2/c1-13(2)14-8-7-9-15(10-14)19-16-11-17(3,4)20-18(5,6)12-16/h13-16,19-20H,7-12H2,1-6H3. The molecule has 118 valence electrons. The molecule has 0 amide bonds. The Bertz CT molecular complexity index is 303. The van der Waals surface area contributed by atoms with Crippen molar-refractivity contribution >= 4 is 0 Å². The van der Waals surface area contributed by atoms with Crippen molar-refractivity contribution in [1.82, 2.24) is 10.6 Å². The van der Waals surface area contributed by atoms with Crippen LogP contribution in [0.5, 0.6) is 0 Å². The summed E-state index contributed by atoms with van der Waals surface area (Å²) in [5.41, 5.74) is 0.511. The molecule has 1 aliphatic carbocycles. The van der Waals surface area contributed by atoms with Crippen LogP contribution < -0.4 is 10.6 Å². The molecule has 1 saturated heterocycles. The fraction of sp³-hybridized carbons (Fsp3) is 1.00. The molecule has 2 nitrogen and oxygen atoms in total. The third-order valence-corrected chi connectivity index (χ3v) is 5.32. The van der Waals surface area contributed by atoms with Crippen LogP contribution in [-0.2, 0) is 0 Å². The number of piperidine rings is 1. The molecule has 0 aromatic heterocycles. The van der Waals surface area contributed by atoms with Crippen LogP contribution in [0.4, 0.5) is 0 Å². The highest BCUT2D eigenvalue weighted by molar-refractivity contribution is 5.00. The average molecular weight is 281 g/mol. The van der Waals surface area contributed by atoms with E-state index in [1.165, 1.54) is 38.5 Å². The predicted octanol–water partition coefficient (Wildman–Crippen LogP) is 4.10. The Hall–Kier alpha value is -0.0800. The van der Waals surface area contributed by atoms with Crippen molar-refractivity contribution in [2.24, 2.45) is 11.8 Å². The first-order chi connectivity index (χ1) is 9.17. The molecule has 2 rings (SSSR count). The largest absolute Gasteiger partial charge is 0.311 e. The summed E-state index contributed by atoms with van der Waals surface area (Å²) in [6.45, 7) is 14.2. The molecule has 2 N–H and O–H groups in total. The molecule has 2 aliphatic rings. The summed E-state index contributed by atoms with van der Waals surface area (Å²) >= 11 is 0. The van der Waals surface area contributed by atoms with E-state index in [0.29, 0.717) is 6.04 Å². The van der Waals surface area contributed by atoms with Gasteiger partial charge in [0.2, 0.25) is 0 Å². The van der Waals surface area contributed by atoms with E-state index in [-0.39, 0.29) is 11.1 Å². The summed E-state index contributed by atoms with van der Waals surface area (Å²) < 4.78 is 0. The molecule has 1 heterocycles. The van der Waals surface area contributed by atoms with Gasteiger partial charge in [0.1, 0.15) is 0 Å². The monoisotopic (exact) mass is 280 g/mol. The van der Waals surface area contributed by atoms with E-state index in [4.69, 9.17) is 0 Å². The highest BCUT2D eigenvalue weighted by atomic mass is 15.1. The Morgan fingerprint density at radius 2 is 1.55 bits per heavy atom. The van der Waals surface area contributed by atoms with Gasteiger partial charge in [0.15, 0.2) is 0 Å². The normalized spacial score (nSPS) is 34.4.